The van der Waals surface area contributed by atoms with Gasteiger partial charge in [0.05, 0.1) is 16.2 Å². The summed E-state index contributed by atoms with van der Waals surface area (Å²) in [7, 11) is -4.22. The standard InChI is InChI=1S/C24H50O4S.Na/c1-3-5-7-9-10-11-12-13-15-16-19-23(25)20-18-22-24(29(26,27)28)21-17-14-8-6-4-2;/h23-25H,3-22H2,1-2H3,(H,26,27,28);/q;+1/p-1. The zero-order chi connectivity index (χ0) is 21.8. The van der Waals surface area contributed by atoms with E-state index in [0.717, 1.165) is 38.5 Å². The van der Waals surface area contributed by atoms with Gasteiger partial charge in [0.15, 0.2) is 0 Å². The number of aliphatic hydroxyl groups excluding tert-OH is 1. The molecular formula is C24H49NaO4S. The summed E-state index contributed by atoms with van der Waals surface area (Å²) in [6.45, 7) is 4.39. The first-order valence-corrected chi connectivity index (χ1v) is 14.0. The van der Waals surface area contributed by atoms with E-state index in [1.54, 1.807) is 0 Å². The van der Waals surface area contributed by atoms with Crippen LogP contribution in [-0.2, 0) is 10.1 Å². The summed E-state index contributed by atoms with van der Waals surface area (Å²) in [5.74, 6) is 0. The molecule has 0 aliphatic carbocycles. The summed E-state index contributed by atoms with van der Waals surface area (Å²) in [6, 6.07) is 0. The van der Waals surface area contributed by atoms with Crippen molar-refractivity contribution in [3.05, 3.63) is 0 Å². The van der Waals surface area contributed by atoms with Gasteiger partial charge in [0.2, 0.25) is 0 Å². The summed E-state index contributed by atoms with van der Waals surface area (Å²) < 4.78 is 34.4. The van der Waals surface area contributed by atoms with Crippen molar-refractivity contribution in [3.63, 3.8) is 0 Å². The molecule has 4 nitrogen and oxygen atoms in total. The van der Waals surface area contributed by atoms with E-state index >= 15 is 0 Å². The second kappa shape index (κ2) is 23.0. The van der Waals surface area contributed by atoms with Gasteiger partial charge in [-0.25, -0.2) is 8.42 Å². The van der Waals surface area contributed by atoms with Crippen molar-refractivity contribution in [2.75, 3.05) is 0 Å². The second-order valence-electron chi connectivity index (χ2n) is 8.87. The number of unbranched alkanes of at least 4 members (excludes halogenated alkanes) is 13. The third kappa shape index (κ3) is 22.1. The van der Waals surface area contributed by atoms with Crippen molar-refractivity contribution < 1.29 is 47.6 Å². The van der Waals surface area contributed by atoms with E-state index in [2.05, 4.69) is 13.8 Å². The molecule has 0 saturated heterocycles. The van der Waals surface area contributed by atoms with Crippen LogP contribution in [0.3, 0.4) is 0 Å². The fourth-order valence-electron chi connectivity index (χ4n) is 4.00. The Morgan fingerprint density at radius 3 is 1.37 bits per heavy atom. The molecule has 0 rings (SSSR count). The molecule has 0 fully saturated rings. The molecule has 0 heterocycles. The first kappa shape index (κ1) is 33.0. The maximum atomic E-state index is 11.5. The molecular weight excluding hydrogens is 407 g/mol. The second-order valence-corrected chi connectivity index (χ2v) is 10.5. The topological polar surface area (TPSA) is 77.4 Å². The van der Waals surface area contributed by atoms with Gasteiger partial charge in [0.1, 0.15) is 0 Å². The Hall–Kier alpha value is 0.870. The molecule has 0 aliphatic heterocycles. The molecule has 0 radical (unpaired) electrons. The van der Waals surface area contributed by atoms with Gasteiger partial charge in [0.25, 0.3) is 0 Å². The van der Waals surface area contributed by atoms with Gasteiger partial charge in [-0.2, -0.15) is 0 Å². The summed E-state index contributed by atoms with van der Waals surface area (Å²) in [6.07, 6.45) is 20.6. The van der Waals surface area contributed by atoms with Crippen LogP contribution >= 0.6 is 0 Å². The van der Waals surface area contributed by atoms with E-state index in [9.17, 15) is 18.1 Å². The molecule has 1 N–H and O–H groups in total. The monoisotopic (exact) mass is 456 g/mol. The van der Waals surface area contributed by atoms with Gasteiger partial charge in [-0.3, -0.25) is 0 Å². The Morgan fingerprint density at radius 2 is 0.933 bits per heavy atom. The third-order valence-electron chi connectivity index (χ3n) is 5.99. The Labute approximate surface area is 210 Å². The quantitative estimate of drug-likeness (QED) is 0.151. The van der Waals surface area contributed by atoms with Gasteiger partial charge >= 0.3 is 29.6 Å². The van der Waals surface area contributed by atoms with Crippen molar-refractivity contribution in [1.29, 1.82) is 0 Å². The Bertz CT molecular complexity index is 442. The number of hydrogen-bond acceptors (Lipinski definition) is 4. The molecule has 176 valence electrons. The first-order valence-electron chi connectivity index (χ1n) is 12.5. The van der Waals surface area contributed by atoms with E-state index in [1.165, 1.54) is 64.2 Å². The maximum Gasteiger partial charge on any atom is 1.00 e. The fraction of sp³-hybridized carbons (Fsp3) is 1.00. The smallest absolute Gasteiger partial charge is 0.748 e. The molecule has 0 bridgehead atoms. The molecule has 2 unspecified atom stereocenters. The van der Waals surface area contributed by atoms with E-state index < -0.39 is 15.4 Å². The van der Waals surface area contributed by atoms with E-state index in [-0.39, 0.29) is 35.7 Å². The van der Waals surface area contributed by atoms with Crippen LogP contribution in [0.2, 0.25) is 0 Å². The number of aliphatic hydroxyl groups is 1. The molecule has 0 spiro atoms. The predicted molar refractivity (Wildman–Crippen MR) is 123 cm³/mol. The molecule has 0 aromatic carbocycles. The Morgan fingerprint density at radius 1 is 0.600 bits per heavy atom. The van der Waals surface area contributed by atoms with Crippen LogP contribution in [0.5, 0.6) is 0 Å². The predicted octanol–water partition coefficient (Wildman–Crippen LogP) is 4.11. The molecule has 6 heteroatoms. The molecule has 0 amide bonds. The Balaban J connectivity index is 0. The zero-order valence-corrected chi connectivity index (χ0v) is 23.2. The normalized spacial score (nSPS) is 13.7. The van der Waals surface area contributed by atoms with Gasteiger partial charge in [-0.15, -0.1) is 0 Å². The SMILES string of the molecule is CCCCCCCCCCCCC(O)CCCC(CCCCCCC)S(=O)(=O)[O-].[Na+]. The van der Waals surface area contributed by atoms with Gasteiger partial charge in [-0.05, 0) is 32.1 Å². The van der Waals surface area contributed by atoms with Gasteiger partial charge < -0.3 is 9.66 Å². The van der Waals surface area contributed by atoms with Crippen LogP contribution in [0.4, 0.5) is 0 Å². The average molecular weight is 457 g/mol. The molecule has 0 aromatic heterocycles. The summed E-state index contributed by atoms with van der Waals surface area (Å²) >= 11 is 0. The summed E-state index contributed by atoms with van der Waals surface area (Å²) in [4.78, 5) is 0. The minimum absolute atomic E-state index is 0. The van der Waals surface area contributed by atoms with Crippen molar-refractivity contribution in [2.45, 2.75) is 154 Å². The fourth-order valence-corrected chi connectivity index (χ4v) is 4.91. The molecule has 2 atom stereocenters. The third-order valence-corrected chi connectivity index (χ3v) is 7.28. The minimum atomic E-state index is -4.22. The maximum absolute atomic E-state index is 11.5. The summed E-state index contributed by atoms with van der Waals surface area (Å²) in [5.41, 5.74) is 0. The zero-order valence-electron chi connectivity index (χ0n) is 20.4. The van der Waals surface area contributed by atoms with Gasteiger partial charge in [-0.1, -0.05) is 110 Å². The van der Waals surface area contributed by atoms with Crippen LogP contribution in [0, 0.1) is 0 Å². The first-order chi connectivity index (χ1) is 13.9. The van der Waals surface area contributed by atoms with E-state index in [1.807, 2.05) is 0 Å². The van der Waals surface area contributed by atoms with Crippen LogP contribution < -0.4 is 29.6 Å². The molecule has 0 aromatic rings. The molecule has 30 heavy (non-hydrogen) atoms. The minimum Gasteiger partial charge on any atom is -0.748 e. The average Bonchev–Trinajstić information content (AvgIpc) is 2.67. The number of rotatable bonds is 22. The van der Waals surface area contributed by atoms with Crippen LogP contribution in [-0.4, -0.2) is 29.4 Å². The van der Waals surface area contributed by atoms with Crippen LogP contribution in [0.15, 0.2) is 0 Å². The van der Waals surface area contributed by atoms with E-state index in [0.29, 0.717) is 25.7 Å². The summed E-state index contributed by atoms with van der Waals surface area (Å²) in [5, 5.41) is 9.36. The van der Waals surface area contributed by atoms with Gasteiger partial charge in [0, 0.05) is 5.25 Å². The Kier molecular flexibility index (Phi) is 25.4. The number of hydrogen-bond donors (Lipinski definition) is 1. The van der Waals surface area contributed by atoms with Crippen molar-refractivity contribution in [1.82, 2.24) is 0 Å². The molecule has 0 aliphatic rings. The van der Waals surface area contributed by atoms with E-state index in [4.69, 9.17) is 0 Å². The van der Waals surface area contributed by atoms with Crippen LogP contribution in [0.1, 0.15) is 142 Å². The largest absolute Gasteiger partial charge is 1.00 e. The molecule has 0 saturated carbocycles. The van der Waals surface area contributed by atoms with Crippen molar-refractivity contribution >= 4 is 10.1 Å². The van der Waals surface area contributed by atoms with Crippen molar-refractivity contribution in [2.24, 2.45) is 0 Å². The van der Waals surface area contributed by atoms with Crippen LogP contribution in [0.25, 0.3) is 0 Å². The van der Waals surface area contributed by atoms with Crippen molar-refractivity contribution in [3.8, 4) is 0 Å².